The Morgan fingerprint density at radius 2 is 2.25 bits per heavy atom. The zero-order valence-corrected chi connectivity index (χ0v) is 12.5. The monoisotopic (exact) mass is 280 g/mol. The summed E-state index contributed by atoms with van der Waals surface area (Å²) in [5, 5.41) is 7.55. The average molecular weight is 280 g/mol. The molecule has 0 radical (unpaired) electrons. The average Bonchev–Trinajstić information content (AvgIpc) is 3.07. The highest BCUT2D eigenvalue weighted by Gasteiger charge is 2.32. The van der Waals surface area contributed by atoms with Gasteiger partial charge in [0.2, 0.25) is 11.7 Å². The molecule has 0 amide bonds. The zero-order valence-electron chi connectivity index (χ0n) is 12.5. The lowest BCUT2D eigenvalue weighted by Gasteiger charge is -2.34. The Hall–Kier alpha value is -0.980. The molecule has 3 atom stereocenters. The van der Waals surface area contributed by atoms with E-state index in [0.717, 1.165) is 32.7 Å². The van der Waals surface area contributed by atoms with Crippen molar-refractivity contribution in [2.45, 2.75) is 45.4 Å². The van der Waals surface area contributed by atoms with Gasteiger partial charge in [0.1, 0.15) is 6.10 Å². The van der Waals surface area contributed by atoms with Gasteiger partial charge in [-0.1, -0.05) is 12.1 Å². The quantitative estimate of drug-likeness (QED) is 0.905. The second kappa shape index (κ2) is 5.79. The van der Waals surface area contributed by atoms with E-state index in [-0.39, 0.29) is 12.1 Å². The van der Waals surface area contributed by atoms with Crippen LogP contribution in [0.25, 0.3) is 0 Å². The summed E-state index contributed by atoms with van der Waals surface area (Å²) in [6.45, 7) is 10.2. The molecule has 112 valence electrons. The summed E-state index contributed by atoms with van der Waals surface area (Å²) in [5.41, 5.74) is 0. The fraction of sp³-hybridized carbons (Fsp3) is 0.857. The molecule has 2 saturated heterocycles. The minimum Gasteiger partial charge on any atom is -0.367 e. The van der Waals surface area contributed by atoms with Gasteiger partial charge in [-0.15, -0.1) is 0 Å². The standard InChI is InChI=1S/C14H24N4O2/c1-9(2)18-6-7-19-11(8-18)13-16-14(20-17-13)12-10(3)4-5-15-12/h9-12,15H,4-8H2,1-3H3. The summed E-state index contributed by atoms with van der Waals surface area (Å²) >= 11 is 0. The second-order valence-corrected chi connectivity index (χ2v) is 6.14. The van der Waals surface area contributed by atoms with E-state index in [4.69, 9.17) is 9.26 Å². The van der Waals surface area contributed by atoms with Crippen LogP contribution in [-0.4, -0.2) is 47.3 Å². The van der Waals surface area contributed by atoms with Crippen molar-refractivity contribution in [1.82, 2.24) is 20.4 Å². The lowest BCUT2D eigenvalue weighted by atomic mass is 10.0. The van der Waals surface area contributed by atoms with E-state index in [1.54, 1.807) is 0 Å². The predicted molar refractivity (Wildman–Crippen MR) is 74.2 cm³/mol. The molecule has 1 aromatic rings. The first-order valence-electron chi connectivity index (χ1n) is 7.57. The van der Waals surface area contributed by atoms with Gasteiger partial charge in [0.15, 0.2) is 0 Å². The molecule has 2 aliphatic heterocycles. The maximum Gasteiger partial charge on any atom is 0.244 e. The summed E-state index contributed by atoms with van der Waals surface area (Å²) in [6.07, 6.45) is 1.09. The molecule has 0 saturated carbocycles. The smallest absolute Gasteiger partial charge is 0.244 e. The summed E-state index contributed by atoms with van der Waals surface area (Å²) in [6, 6.07) is 0.713. The van der Waals surface area contributed by atoms with Crippen LogP contribution < -0.4 is 5.32 Å². The number of hydrogen-bond acceptors (Lipinski definition) is 6. The minimum atomic E-state index is -0.0691. The molecule has 0 bridgehead atoms. The van der Waals surface area contributed by atoms with Gasteiger partial charge in [0.25, 0.3) is 0 Å². The Bertz CT molecular complexity index is 448. The Labute approximate surface area is 119 Å². The van der Waals surface area contributed by atoms with E-state index in [1.807, 2.05) is 0 Å². The van der Waals surface area contributed by atoms with Crippen LogP contribution in [-0.2, 0) is 4.74 Å². The zero-order chi connectivity index (χ0) is 14.1. The second-order valence-electron chi connectivity index (χ2n) is 6.14. The van der Waals surface area contributed by atoms with Gasteiger partial charge in [0, 0.05) is 19.1 Å². The first-order valence-corrected chi connectivity index (χ1v) is 7.57. The molecule has 2 fully saturated rings. The molecule has 0 aliphatic carbocycles. The number of aromatic nitrogens is 2. The number of ether oxygens (including phenoxy) is 1. The predicted octanol–water partition coefficient (Wildman–Crippen LogP) is 1.52. The highest BCUT2D eigenvalue weighted by molar-refractivity contribution is 5.01. The molecule has 6 nitrogen and oxygen atoms in total. The van der Waals surface area contributed by atoms with Crippen molar-refractivity contribution in [3.63, 3.8) is 0 Å². The third kappa shape index (κ3) is 2.73. The molecule has 3 heterocycles. The van der Waals surface area contributed by atoms with Crippen LogP contribution >= 0.6 is 0 Å². The van der Waals surface area contributed by atoms with Gasteiger partial charge >= 0.3 is 0 Å². The summed E-state index contributed by atoms with van der Waals surface area (Å²) < 4.78 is 11.2. The van der Waals surface area contributed by atoms with Crippen molar-refractivity contribution in [2.24, 2.45) is 5.92 Å². The lowest BCUT2D eigenvalue weighted by Crippen LogP contribution is -2.42. The van der Waals surface area contributed by atoms with Crippen LogP contribution in [0.3, 0.4) is 0 Å². The first kappa shape index (κ1) is 14.0. The van der Waals surface area contributed by atoms with Crippen LogP contribution in [0.1, 0.15) is 51.1 Å². The van der Waals surface area contributed by atoms with Crippen LogP contribution in [0, 0.1) is 5.92 Å². The van der Waals surface area contributed by atoms with Gasteiger partial charge in [-0.25, -0.2) is 0 Å². The highest BCUT2D eigenvalue weighted by atomic mass is 16.5. The fourth-order valence-electron chi connectivity index (χ4n) is 2.96. The minimum absolute atomic E-state index is 0.0691. The van der Waals surface area contributed by atoms with Gasteiger partial charge < -0.3 is 14.6 Å². The molecule has 20 heavy (non-hydrogen) atoms. The van der Waals surface area contributed by atoms with Crippen LogP contribution in [0.2, 0.25) is 0 Å². The molecule has 0 aromatic carbocycles. The molecule has 1 aromatic heterocycles. The van der Waals surface area contributed by atoms with E-state index in [2.05, 4.69) is 41.1 Å². The number of rotatable bonds is 3. The Morgan fingerprint density at radius 1 is 1.40 bits per heavy atom. The Morgan fingerprint density at radius 3 is 2.95 bits per heavy atom. The number of hydrogen-bond donors (Lipinski definition) is 1. The lowest BCUT2D eigenvalue weighted by molar-refractivity contribution is -0.0450. The third-order valence-electron chi connectivity index (χ3n) is 4.37. The number of morpholine rings is 1. The van der Waals surface area contributed by atoms with Crippen LogP contribution in [0.4, 0.5) is 0 Å². The Balaban J connectivity index is 1.70. The van der Waals surface area contributed by atoms with Gasteiger partial charge in [0.05, 0.1) is 12.6 Å². The van der Waals surface area contributed by atoms with E-state index >= 15 is 0 Å². The maximum absolute atomic E-state index is 5.80. The van der Waals surface area contributed by atoms with Crippen molar-refractivity contribution < 1.29 is 9.26 Å². The van der Waals surface area contributed by atoms with Crippen molar-refractivity contribution in [2.75, 3.05) is 26.2 Å². The van der Waals surface area contributed by atoms with Crippen LogP contribution in [0.15, 0.2) is 4.52 Å². The van der Waals surface area contributed by atoms with E-state index in [9.17, 15) is 0 Å². The molecule has 3 unspecified atom stereocenters. The molecule has 6 heteroatoms. The molecule has 3 rings (SSSR count). The van der Waals surface area contributed by atoms with Gasteiger partial charge in [-0.2, -0.15) is 4.98 Å². The summed E-state index contributed by atoms with van der Waals surface area (Å²) in [5.74, 6) is 1.93. The largest absolute Gasteiger partial charge is 0.367 e. The molecule has 0 spiro atoms. The maximum atomic E-state index is 5.80. The van der Waals surface area contributed by atoms with Gasteiger partial charge in [-0.3, -0.25) is 4.90 Å². The molecule has 1 N–H and O–H groups in total. The highest BCUT2D eigenvalue weighted by Crippen LogP contribution is 2.29. The Kier molecular flexibility index (Phi) is 4.05. The summed E-state index contributed by atoms with van der Waals surface area (Å²) in [7, 11) is 0. The SMILES string of the molecule is CC1CCNC1c1nc(C2CN(C(C)C)CCO2)no1. The molecule has 2 aliphatic rings. The van der Waals surface area contributed by atoms with Crippen molar-refractivity contribution in [3.05, 3.63) is 11.7 Å². The molecular formula is C14H24N4O2. The number of nitrogens with zero attached hydrogens (tertiary/aromatic N) is 3. The summed E-state index contributed by atoms with van der Waals surface area (Å²) in [4.78, 5) is 6.96. The van der Waals surface area contributed by atoms with Crippen molar-refractivity contribution >= 4 is 0 Å². The van der Waals surface area contributed by atoms with Gasteiger partial charge in [-0.05, 0) is 32.7 Å². The molecular weight excluding hydrogens is 256 g/mol. The van der Waals surface area contributed by atoms with Crippen LogP contribution in [0.5, 0.6) is 0 Å². The van der Waals surface area contributed by atoms with E-state index < -0.39 is 0 Å². The van der Waals surface area contributed by atoms with E-state index in [0.29, 0.717) is 23.7 Å². The fourth-order valence-corrected chi connectivity index (χ4v) is 2.96. The normalized spacial score (nSPS) is 32.1. The third-order valence-corrected chi connectivity index (χ3v) is 4.37. The topological polar surface area (TPSA) is 63.4 Å². The van der Waals surface area contributed by atoms with Crippen molar-refractivity contribution in [1.29, 1.82) is 0 Å². The van der Waals surface area contributed by atoms with E-state index in [1.165, 1.54) is 0 Å². The first-order chi connectivity index (χ1) is 9.65. The van der Waals surface area contributed by atoms with Crippen molar-refractivity contribution in [3.8, 4) is 0 Å². The number of nitrogens with one attached hydrogen (secondary N) is 1.